The molecule has 1 aliphatic carbocycles. The summed E-state index contributed by atoms with van der Waals surface area (Å²) in [6, 6.07) is 8.53. The molecule has 0 radical (unpaired) electrons. The van der Waals surface area contributed by atoms with E-state index in [9.17, 15) is 4.79 Å². The monoisotopic (exact) mass is 272 g/mol. The summed E-state index contributed by atoms with van der Waals surface area (Å²) in [6.45, 7) is 3.05. The van der Waals surface area contributed by atoms with Crippen molar-refractivity contribution in [2.45, 2.75) is 32.1 Å². The van der Waals surface area contributed by atoms with Crippen LogP contribution in [-0.2, 0) is 17.6 Å². The highest BCUT2D eigenvalue weighted by molar-refractivity contribution is 5.79. The van der Waals surface area contributed by atoms with Crippen LogP contribution in [0.25, 0.3) is 0 Å². The molecule has 1 aliphatic heterocycles. The maximum atomic E-state index is 12.3. The first-order chi connectivity index (χ1) is 9.83. The molecule has 2 N–H and O–H groups in total. The average Bonchev–Trinajstić information content (AvgIpc) is 2.53. The van der Waals surface area contributed by atoms with Gasteiger partial charge in [-0.3, -0.25) is 4.79 Å². The maximum absolute atomic E-state index is 12.3. The predicted octanol–water partition coefficient (Wildman–Crippen LogP) is 1.91. The van der Waals surface area contributed by atoms with Crippen molar-refractivity contribution in [1.82, 2.24) is 10.6 Å². The summed E-state index contributed by atoms with van der Waals surface area (Å²) in [6.07, 6.45) is 5.33. The molecule has 3 rings (SSSR count). The molecule has 3 heteroatoms. The van der Waals surface area contributed by atoms with Gasteiger partial charge in [0.25, 0.3) is 0 Å². The van der Waals surface area contributed by atoms with Gasteiger partial charge in [-0.2, -0.15) is 0 Å². The number of rotatable bonds is 3. The van der Waals surface area contributed by atoms with Crippen LogP contribution in [0.1, 0.15) is 30.4 Å². The van der Waals surface area contributed by atoms with E-state index in [0.717, 1.165) is 38.9 Å². The van der Waals surface area contributed by atoms with Gasteiger partial charge in [-0.05, 0) is 62.2 Å². The Morgan fingerprint density at radius 3 is 2.70 bits per heavy atom. The number of aryl methyl sites for hydroxylation is 1. The molecule has 1 aromatic rings. The Labute approximate surface area is 121 Å². The second-order valence-electron chi connectivity index (χ2n) is 6.15. The first-order valence-corrected chi connectivity index (χ1v) is 7.88. The summed E-state index contributed by atoms with van der Waals surface area (Å²) in [7, 11) is 0. The van der Waals surface area contributed by atoms with E-state index in [1.54, 1.807) is 0 Å². The number of piperidine rings is 1. The third-order valence-electron chi connectivity index (χ3n) is 4.74. The highest BCUT2D eigenvalue weighted by Crippen LogP contribution is 2.25. The molecule has 1 heterocycles. The van der Waals surface area contributed by atoms with E-state index in [4.69, 9.17) is 0 Å². The molecular weight excluding hydrogens is 248 g/mol. The maximum Gasteiger partial charge on any atom is 0.223 e. The number of carbonyl (C=O) groups excluding carboxylic acids is 1. The van der Waals surface area contributed by atoms with Gasteiger partial charge in [0.1, 0.15) is 0 Å². The zero-order valence-electron chi connectivity index (χ0n) is 12.0. The van der Waals surface area contributed by atoms with Crippen LogP contribution in [0.5, 0.6) is 0 Å². The van der Waals surface area contributed by atoms with Crippen LogP contribution in [0.3, 0.4) is 0 Å². The third kappa shape index (κ3) is 3.21. The molecule has 3 nitrogen and oxygen atoms in total. The van der Waals surface area contributed by atoms with Gasteiger partial charge in [0.2, 0.25) is 5.91 Å². The van der Waals surface area contributed by atoms with E-state index in [1.807, 2.05) is 0 Å². The molecule has 1 atom stereocenters. The molecule has 20 heavy (non-hydrogen) atoms. The zero-order valence-corrected chi connectivity index (χ0v) is 12.0. The standard InChI is InChI=1S/C17H24N2O/c20-17(19-12-13-7-9-18-10-8-13)16-6-5-14-3-1-2-4-15(14)11-16/h1-4,13,16,18H,5-12H2,(H,19,20). The minimum absolute atomic E-state index is 0.173. The average molecular weight is 272 g/mol. The number of carbonyl (C=O) groups is 1. The van der Waals surface area contributed by atoms with E-state index < -0.39 is 0 Å². The largest absolute Gasteiger partial charge is 0.356 e. The Bertz CT molecular complexity index is 466. The van der Waals surface area contributed by atoms with Gasteiger partial charge in [-0.25, -0.2) is 0 Å². The molecular formula is C17H24N2O. The number of hydrogen-bond acceptors (Lipinski definition) is 2. The van der Waals surface area contributed by atoms with Crippen molar-refractivity contribution in [3.05, 3.63) is 35.4 Å². The number of nitrogens with one attached hydrogen (secondary N) is 2. The van der Waals surface area contributed by atoms with Crippen molar-refractivity contribution in [2.75, 3.05) is 19.6 Å². The van der Waals surface area contributed by atoms with E-state index in [2.05, 4.69) is 34.9 Å². The molecule has 1 unspecified atom stereocenters. The second kappa shape index (κ2) is 6.40. The molecule has 0 aromatic heterocycles. The van der Waals surface area contributed by atoms with Crippen LogP contribution >= 0.6 is 0 Å². The minimum Gasteiger partial charge on any atom is -0.356 e. The Morgan fingerprint density at radius 2 is 1.90 bits per heavy atom. The van der Waals surface area contributed by atoms with Gasteiger partial charge in [0.05, 0.1) is 0 Å². The van der Waals surface area contributed by atoms with Gasteiger partial charge in [-0.1, -0.05) is 24.3 Å². The van der Waals surface area contributed by atoms with E-state index >= 15 is 0 Å². The van der Waals surface area contributed by atoms with Crippen molar-refractivity contribution in [1.29, 1.82) is 0 Å². The Kier molecular flexibility index (Phi) is 4.36. The highest BCUT2D eigenvalue weighted by atomic mass is 16.1. The Hall–Kier alpha value is -1.35. The summed E-state index contributed by atoms with van der Waals surface area (Å²) in [4.78, 5) is 12.3. The Morgan fingerprint density at radius 1 is 1.15 bits per heavy atom. The van der Waals surface area contributed by atoms with Crippen LogP contribution in [0.2, 0.25) is 0 Å². The fourth-order valence-corrected chi connectivity index (χ4v) is 3.40. The molecule has 108 valence electrons. The number of benzene rings is 1. The van der Waals surface area contributed by atoms with Crippen molar-refractivity contribution < 1.29 is 4.79 Å². The van der Waals surface area contributed by atoms with Crippen LogP contribution in [0, 0.1) is 11.8 Å². The lowest BCUT2D eigenvalue weighted by Crippen LogP contribution is -2.39. The molecule has 1 saturated heterocycles. The van der Waals surface area contributed by atoms with Crippen molar-refractivity contribution >= 4 is 5.91 Å². The number of amides is 1. The number of hydrogen-bond donors (Lipinski definition) is 2. The van der Waals surface area contributed by atoms with Crippen molar-refractivity contribution in [2.24, 2.45) is 11.8 Å². The topological polar surface area (TPSA) is 41.1 Å². The van der Waals surface area contributed by atoms with Gasteiger partial charge in [0, 0.05) is 12.5 Å². The molecule has 1 fully saturated rings. The van der Waals surface area contributed by atoms with Crippen LogP contribution < -0.4 is 10.6 Å². The van der Waals surface area contributed by atoms with Crippen LogP contribution in [0.4, 0.5) is 0 Å². The first-order valence-electron chi connectivity index (χ1n) is 7.88. The van der Waals surface area contributed by atoms with E-state index in [-0.39, 0.29) is 11.8 Å². The summed E-state index contributed by atoms with van der Waals surface area (Å²) in [5.41, 5.74) is 2.79. The second-order valence-corrected chi connectivity index (χ2v) is 6.15. The van der Waals surface area contributed by atoms with Crippen molar-refractivity contribution in [3.8, 4) is 0 Å². The molecule has 0 bridgehead atoms. The summed E-state index contributed by atoms with van der Waals surface area (Å²) >= 11 is 0. The van der Waals surface area contributed by atoms with Gasteiger partial charge < -0.3 is 10.6 Å². The first kappa shape index (κ1) is 13.6. The SMILES string of the molecule is O=C(NCC1CCNCC1)C1CCc2ccccc2C1. The van der Waals surface area contributed by atoms with Crippen molar-refractivity contribution in [3.63, 3.8) is 0 Å². The molecule has 1 amide bonds. The zero-order chi connectivity index (χ0) is 13.8. The molecule has 0 spiro atoms. The van der Waals surface area contributed by atoms with E-state index in [1.165, 1.54) is 24.0 Å². The molecule has 0 saturated carbocycles. The van der Waals surface area contributed by atoms with E-state index in [0.29, 0.717) is 5.92 Å². The summed E-state index contributed by atoms with van der Waals surface area (Å²) in [5, 5.41) is 6.55. The highest BCUT2D eigenvalue weighted by Gasteiger charge is 2.25. The minimum atomic E-state index is 0.173. The fourth-order valence-electron chi connectivity index (χ4n) is 3.40. The smallest absolute Gasteiger partial charge is 0.223 e. The lowest BCUT2D eigenvalue weighted by Gasteiger charge is -2.26. The lowest BCUT2D eigenvalue weighted by atomic mass is 9.83. The number of fused-ring (bicyclic) bond motifs is 1. The third-order valence-corrected chi connectivity index (χ3v) is 4.74. The summed E-state index contributed by atoms with van der Waals surface area (Å²) < 4.78 is 0. The van der Waals surface area contributed by atoms with Gasteiger partial charge >= 0.3 is 0 Å². The van der Waals surface area contributed by atoms with Crippen LogP contribution in [-0.4, -0.2) is 25.5 Å². The van der Waals surface area contributed by atoms with Gasteiger partial charge in [-0.15, -0.1) is 0 Å². The Balaban J connectivity index is 1.51. The lowest BCUT2D eigenvalue weighted by molar-refractivity contribution is -0.125. The van der Waals surface area contributed by atoms with Crippen LogP contribution in [0.15, 0.2) is 24.3 Å². The van der Waals surface area contributed by atoms with Gasteiger partial charge in [0.15, 0.2) is 0 Å². The quantitative estimate of drug-likeness (QED) is 0.882. The predicted molar refractivity (Wildman–Crippen MR) is 80.6 cm³/mol. The summed E-state index contributed by atoms with van der Waals surface area (Å²) in [5.74, 6) is 1.10. The molecule has 1 aromatic carbocycles. The molecule has 2 aliphatic rings. The normalized spacial score (nSPS) is 23.1. The fraction of sp³-hybridized carbons (Fsp3) is 0.588.